The molecule has 1 heterocycles. The molecule has 2 aromatic rings. The molecule has 19 heavy (non-hydrogen) atoms. The number of hydrogen-bond acceptors (Lipinski definition) is 6. The molecule has 7 nitrogen and oxygen atoms in total. The van der Waals surface area contributed by atoms with Crippen molar-refractivity contribution >= 4 is 11.6 Å². The Kier molecular flexibility index (Phi) is 3.65. The van der Waals surface area contributed by atoms with Crippen molar-refractivity contribution in [1.29, 1.82) is 0 Å². The van der Waals surface area contributed by atoms with Crippen molar-refractivity contribution < 1.29 is 9.47 Å². The van der Waals surface area contributed by atoms with Crippen LogP contribution in [-0.2, 0) is 0 Å². The molecule has 0 spiro atoms. The number of benzene rings is 1. The molecule has 1 aromatic carbocycles. The van der Waals surface area contributed by atoms with Gasteiger partial charge in [-0.25, -0.2) is 0 Å². The Bertz CT molecular complexity index is 639. The van der Waals surface area contributed by atoms with Gasteiger partial charge in [-0.2, -0.15) is 0 Å². The lowest BCUT2D eigenvalue weighted by molar-refractivity contribution is 0.355. The van der Waals surface area contributed by atoms with Crippen molar-refractivity contribution in [1.82, 2.24) is 15.2 Å². The molecular formula is C12H14N4O3. The van der Waals surface area contributed by atoms with Crippen molar-refractivity contribution in [3.05, 3.63) is 34.2 Å². The van der Waals surface area contributed by atoms with E-state index in [1.165, 1.54) is 0 Å². The predicted molar refractivity (Wildman–Crippen MR) is 70.2 cm³/mol. The second-order valence-electron chi connectivity index (χ2n) is 3.78. The van der Waals surface area contributed by atoms with Crippen molar-refractivity contribution in [3.8, 4) is 11.5 Å². The van der Waals surface area contributed by atoms with Crippen molar-refractivity contribution in [2.75, 3.05) is 19.5 Å². The standard InChI is InChI=1S/C12H14N4O3/c1-7-11(17)14-12(16-15-7)13-8-4-5-9(18-2)10(6-8)19-3/h4-6H,1-3H3,(H2,13,14,16,17). The van der Waals surface area contributed by atoms with Crippen LogP contribution in [0.3, 0.4) is 0 Å². The first-order valence-corrected chi connectivity index (χ1v) is 5.56. The van der Waals surface area contributed by atoms with Crippen molar-refractivity contribution in [2.24, 2.45) is 0 Å². The van der Waals surface area contributed by atoms with Crippen molar-refractivity contribution in [3.63, 3.8) is 0 Å². The third-order valence-electron chi connectivity index (χ3n) is 2.51. The number of rotatable bonds is 4. The van der Waals surface area contributed by atoms with E-state index in [4.69, 9.17) is 9.47 Å². The van der Waals surface area contributed by atoms with Gasteiger partial charge >= 0.3 is 0 Å². The van der Waals surface area contributed by atoms with Gasteiger partial charge in [0, 0.05) is 11.8 Å². The Morgan fingerprint density at radius 2 is 1.89 bits per heavy atom. The topological polar surface area (TPSA) is 89.1 Å². The number of aryl methyl sites for hydroxylation is 1. The van der Waals surface area contributed by atoms with Crippen LogP contribution in [0, 0.1) is 6.92 Å². The maximum absolute atomic E-state index is 11.4. The number of aromatic amines is 1. The molecule has 0 fully saturated rings. The number of aromatic nitrogens is 3. The first kappa shape index (κ1) is 12.9. The molecule has 0 unspecified atom stereocenters. The van der Waals surface area contributed by atoms with E-state index in [1.54, 1.807) is 39.3 Å². The Hall–Kier alpha value is -2.57. The molecule has 0 bridgehead atoms. The largest absolute Gasteiger partial charge is 0.493 e. The van der Waals surface area contributed by atoms with Crippen LogP contribution < -0.4 is 20.3 Å². The fourth-order valence-electron chi connectivity index (χ4n) is 1.50. The van der Waals surface area contributed by atoms with E-state index in [1.807, 2.05) is 0 Å². The van der Waals surface area contributed by atoms with Crippen LogP contribution in [0.4, 0.5) is 11.6 Å². The number of H-pyrrole nitrogens is 1. The van der Waals surface area contributed by atoms with Crippen LogP contribution >= 0.6 is 0 Å². The average Bonchev–Trinajstić information content (AvgIpc) is 2.43. The van der Waals surface area contributed by atoms with Crippen LogP contribution in [0.2, 0.25) is 0 Å². The zero-order chi connectivity index (χ0) is 13.8. The van der Waals surface area contributed by atoms with Crippen LogP contribution in [0.15, 0.2) is 23.0 Å². The Balaban J connectivity index is 2.28. The van der Waals surface area contributed by atoms with Crippen molar-refractivity contribution in [2.45, 2.75) is 6.92 Å². The quantitative estimate of drug-likeness (QED) is 0.861. The zero-order valence-corrected chi connectivity index (χ0v) is 10.9. The lowest BCUT2D eigenvalue weighted by Crippen LogP contribution is -2.15. The smallest absolute Gasteiger partial charge is 0.273 e. The minimum absolute atomic E-state index is 0.266. The molecule has 2 rings (SSSR count). The summed E-state index contributed by atoms with van der Waals surface area (Å²) in [4.78, 5) is 14.0. The number of ether oxygens (including phenoxy) is 2. The molecule has 0 radical (unpaired) electrons. The summed E-state index contributed by atoms with van der Waals surface area (Å²) in [5.74, 6) is 1.47. The molecule has 0 aliphatic rings. The van der Waals surface area contributed by atoms with E-state index in [-0.39, 0.29) is 11.5 Å². The Morgan fingerprint density at radius 1 is 1.16 bits per heavy atom. The fraction of sp³-hybridized carbons (Fsp3) is 0.250. The molecule has 1 aromatic heterocycles. The third kappa shape index (κ3) is 2.82. The minimum Gasteiger partial charge on any atom is -0.493 e. The maximum Gasteiger partial charge on any atom is 0.273 e. The summed E-state index contributed by atoms with van der Waals surface area (Å²) in [5, 5.41) is 10.5. The molecule has 7 heteroatoms. The first-order chi connectivity index (χ1) is 9.13. The van der Waals surface area contributed by atoms with Gasteiger partial charge in [0.2, 0.25) is 5.95 Å². The van der Waals surface area contributed by atoms with E-state index in [0.29, 0.717) is 22.9 Å². The Labute approximate surface area is 109 Å². The molecule has 0 amide bonds. The number of nitrogens with zero attached hydrogens (tertiary/aromatic N) is 2. The normalized spacial score (nSPS) is 10.1. The van der Waals surface area contributed by atoms with E-state index in [0.717, 1.165) is 0 Å². The summed E-state index contributed by atoms with van der Waals surface area (Å²) in [6, 6.07) is 5.26. The van der Waals surface area contributed by atoms with Gasteiger partial charge in [-0.15, -0.1) is 10.2 Å². The molecule has 2 N–H and O–H groups in total. The number of hydrogen-bond donors (Lipinski definition) is 2. The fourth-order valence-corrected chi connectivity index (χ4v) is 1.50. The highest BCUT2D eigenvalue weighted by Gasteiger charge is 2.06. The summed E-state index contributed by atoms with van der Waals surface area (Å²) >= 11 is 0. The zero-order valence-electron chi connectivity index (χ0n) is 10.9. The highest BCUT2D eigenvalue weighted by atomic mass is 16.5. The number of anilines is 2. The molecule has 0 aliphatic carbocycles. The second kappa shape index (κ2) is 5.38. The van der Waals surface area contributed by atoms with Gasteiger partial charge in [0.05, 0.1) is 14.2 Å². The second-order valence-corrected chi connectivity index (χ2v) is 3.78. The maximum atomic E-state index is 11.4. The van der Waals surface area contributed by atoms with Gasteiger partial charge < -0.3 is 14.8 Å². The lowest BCUT2D eigenvalue weighted by Gasteiger charge is -2.10. The highest BCUT2D eigenvalue weighted by molar-refractivity contribution is 5.59. The van der Waals surface area contributed by atoms with Gasteiger partial charge in [-0.1, -0.05) is 0 Å². The van der Waals surface area contributed by atoms with E-state index in [2.05, 4.69) is 20.5 Å². The summed E-state index contributed by atoms with van der Waals surface area (Å²) in [5.41, 5.74) is 0.738. The predicted octanol–water partition coefficient (Wildman–Crippen LogP) is 1.23. The van der Waals surface area contributed by atoms with Gasteiger partial charge in [-0.3, -0.25) is 9.78 Å². The SMILES string of the molecule is COc1ccc(Nc2nnc(C)c(=O)[nH]2)cc1OC. The van der Waals surface area contributed by atoms with Crippen LogP contribution in [0.1, 0.15) is 5.69 Å². The number of nitrogens with one attached hydrogen (secondary N) is 2. The molecule has 0 saturated heterocycles. The molecule has 0 saturated carbocycles. The molecule has 0 aliphatic heterocycles. The lowest BCUT2D eigenvalue weighted by atomic mass is 10.3. The summed E-state index contributed by atoms with van der Waals surface area (Å²) in [6.07, 6.45) is 0. The van der Waals surface area contributed by atoms with E-state index in [9.17, 15) is 4.79 Å². The average molecular weight is 262 g/mol. The summed E-state index contributed by atoms with van der Waals surface area (Å²) < 4.78 is 10.3. The summed E-state index contributed by atoms with van der Waals surface area (Å²) in [6.45, 7) is 1.59. The molecule has 100 valence electrons. The molecular weight excluding hydrogens is 248 g/mol. The van der Waals surface area contributed by atoms with Gasteiger partial charge in [0.15, 0.2) is 11.5 Å². The van der Waals surface area contributed by atoms with Crippen LogP contribution in [0.5, 0.6) is 11.5 Å². The minimum atomic E-state index is -0.280. The monoisotopic (exact) mass is 262 g/mol. The van der Waals surface area contributed by atoms with Gasteiger partial charge in [0.25, 0.3) is 5.56 Å². The molecule has 0 atom stereocenters. The highest BCUT2D eigenvalue weighted by Crippen LogP contribution is 2.30. The first-order valence-electron chi connectivity index (χ1n) is 5.56. The van der Waals surface area contributed by atoms with Gasteiger partial charge in [-0.05, 0) is 19.1 Å². The Morgan fingerprint density at radius 3 is 2.53 bits per heavy atom. The van der Waals surface area contributed by atoms with Crippen LogP contribution in [-0.4, -0.2) is 29.4 Å². The summed E-state index contributed by atoms with van der Waals surface area (Å²) in [7, 11) is 3.11. The number of methoxy groups -OCH3 is 2. The van der Waals surface area contributed by atoms with E-state index < -0.39 is 0 Å². The van der Waals surface area contributed by atoms with E-state index >= 15 is 0 Å². The van der Waals surface area contributed by atoms with Crippen LogP contribution in [0.25, 0.3) is 0 Å². The third-order valence-corrected chi connectivity index (χ3v) is 2.51. The van der Waals surface area contributed by atoms with Gasteiger partial charge in [0.1, 0.15) is 5.69 Å².